The number of nitrogens with one attached hydrogen (secondary N) is 3. The lowest BCUT2D eigenvalue weighted by Crippen LogP contribution is -2.35. The summed E-state index contributed by atoms with van der Waals surface area (Å²) >= 11 is 1.47. The highest BCUT2D eigenvalue weighted by atomic mass is 32.1. The first-order chi connectivity index (χ1) is 18.0. The molecular weight excluding hydrogens is 500 g/mol. The number of urea groups is 1. The lowest BCUT2D eigenvalue weighted by Gasteiger charge is -2.32. The molecule has 0 bridgehead atoms. The summed E-state index contributed by atoms with van der Waals surface area (Å²) in [6, 6.07) is 1.41. The lowest BCUT2D eigenvalue weighted by atomic mass is 9.98. The standard InChI is InChI=1S/C24H25F2N9OS.H2/c25-15-8-17(26)20(18(9-15)34-5-1-2-6-34)32-24(36)31-19-12-37-23(30-19)14-4-3-7-35(11-14)22-16-10-29-33-21(16)27-13-28-22;/h8-10,12-14H,1-7,11H2,(H2,31,32,36)(H,27,28,29,33);1H. The van der Waals surface area contributed by atoms with Crippen molar-refractivity contribution in [1.29, 1.82) is 0 Å². The Balaban J connectivity index is 0.00000294. The molecule has 1 aromatic carbocycles. The van der Waals surface area contributed by atoms with Crippen LogP contribution in [0.1, 0.15) is 38.0 Å². The molecule has 13 heteroatoms. The summed E-state index contributed by atoms with van der Waals surface area (Å²) in [5, 5.41) is 15.8. The van der Waals surface area contributed by atoms with Crippen LogP contribution in [0.5, 0.6) is 0 Å². The smallest absolute Gasteiger partial charge is 0.325 e. The molecule has 6 rings (SSSR count). The average molecular weight is 528 g/mol. The van der Waals surface area contributed by atoms with Crippen LogP contribution in [-0.2, 0) is 0 Å². The zero-order valence-electron chi connectivity index (χ0n) is 19.9. The van der Waals surface area contributed by atoms with E-state index in [0.29, 0.717) is 30.2 Å². The molecule has 1 unspecified atom stereocenters. The van der Waals surface area contributed by atoms with Gasteiger partial charge in [-0.1, -0.05) is 0 Å². The molecule has 2 aliphatic heterocycles. The SMILES string of the molecule is O=C(Nc1csc(C2CCCN(c3ncnc4[nH]ncc34)C2)n1)Nc1c(F)cc(F)cc1N1CCCC1.[HH]. The lowest BCUT2D eigenvalue weighted by molar-refractivity contribution is 0.262. The Morgan fingerprint density at radius 3 is 2.81 bits per heavy atom. The van der Waals surface area contributed by atoms with Crippen molar-refractivity contribution >= 4 is 51.4 Å². The number of carbonyl (C=O) groups excluding carboxylic acids is 1. The minimum absolute atomic E-state index is 0. The van der Waals surface area contributed by atoms with Gasteiger partial charge in [-0.3, -0.25) is 10.4 Å². The summed E-state index contributed by atoms with van der Waals surface area (Å²) in [5.41, 5.74) is 1.02. The van der Waals surface area contributed by atoms with Gasteiger partial charge >= 0.3 is 6.03 Å². The molecule has 1 atom stereocenters. The summed E-state index contributed by atoms with van der Waals surface area (Å²) in [4.78, 5) is 30.2. The fraction of sp³-hybridized carbons (Fsp3) is 0.375. The van der Waals surface area contributed by atoms with Crippen LogP contribution in [0.15, 0.2) is 30.0 Å². The van der Waals surface area contributed by atoms with E-state index in [1.807, 2.05) is 4.90 Å². The van der Waals surface area contributed by atoms with Gasteiger partial charge in [0.2, 0.25) is 0 Å². The number of hydrogen-bond acceptors (Lipinski definition) is 8. The number of hydrogen-bond donors (Lipinski definition) is 3. The van der Waals surface area contributed by atoms with Crippen LogP contribution in [0.25, 0.3) is 11.0 Å². The van der Waals surface area contributed by atoms with Crippen molar-refractivity contribution in [2.75, 3.05) is 46.6 Å². The van der Waals surface area contributed by atoms with Gasteiger partial charge in [0.15, 0.2) is 11.5 Å². The number of thiazole rings is 1. The van der Waals surface area contributed by atoms with E-state index in [0.717, 1.165) is 61.1 Å². The van der Waals surface area contributed by atoms with Crippen LogP contribution >= 0.6 is 11.3 Å². The molecule has 3 N–H and O–H groups in total. The molecule has 0 radical (unpaired) electrons. The van der Waals surface area contributed by atoms with Gasteiger partial charge in [0, 0.05) is 45.0 Å². The predicted molar refractivity (Wildman–Crippen MR) is 141 cm³/mol. The third-order valence-electron chi connectivity index (χ3n) is 6.78. The zero-order valence-corrected chi connectivity index (χ0v) is 20.7. The van der Waals surface area contributed by atoms with E-state index in [2.05, 4.69) is 40.7 Å². The number of rotatable bonds is 5. The zero-order chi connectivity index (χ0) is 25.4. The maximum atomic E-state index is 14.6. The summed E-state index contributed by atoms with van der Waals surface area (Å²) in [6.45, 7) is 2.98. The molecule has 4 aromatic rings. The molecule has 2 aliphatic rings. The second-order valence-electron chi connectivity index (χ2n) is 9.24. The number of piperidine rings is 1. The Morgan fingerprint density at radius 2 is 1.95 bits per heavy atom. The van der Waals surface area contributed by atoms with Gasteiger partial charge in [-0.2, -0.15) is 5.10 Å². The minimum atomic E-state index is -0.810. The van der Waals surface area contributed by atoms with Crippen molar-refractivity contribution in [3.05, 3.63) is 46.7 Å². The van der Waals surface area contributed by atoms with Crippen LogP contribution in [0.3, 0.4) is 0 Å². The fourth-order valence-corrected chi connectivity index (χ4v) is 5.94. The number of benzene rings is 1. The normalized spacial score (nSPS) is 17.9. The van der Waals surface area contributed by atoms with E-state index in [1.165, 1.54) is 23.7 Å². The molecule has 10 nitrogen and oxygen atoms in total. The van der Waals surface area contributed by atoms with Crippen LogP contribution < -0.4 is 20.4 Å². The third-order valence-corrected chi connectivity index (χ3v) is 7.79. The third kappa shape index (κ3) is 4.78. The van der Waals surface area contributed by atoms with Gasteiger partial charge in [-0.15, -0.1) is 11.3 Å². The van der Waals surface area contributed by atoms with Gasteiger partial charge in [-0.25, -0.2) is 28.5 Å². The summed E-state index contributed by atoms with van der Waals surface area (Å²) in [6.07, 6.45) is 7.08. The fourth-order valence-electron chi connectivity index (χ4n) is 5.06. The molecule has 2 fully saturated rings. The predicted octanol–water partition coefficient (Wildman–Crippen LogP) is 4.96. The van der Waals surface area contributed by atoms with Gasteiger partial charge in [0.25, 0.3) is 0 Å². The van der Waals surface area contributed by atoms with Crippen LogP contribution in [0.4, 0.5) is 36.6 Å². The number of carbonyl (C=O) groups is 1. The van der Waals surface area contributed by atoms with E-state index >= 15 is 0 Å². The van der Waals surface area contributed by atoms with Crippen molar-refractivity contribution < 1.29 is 15.0 Å². The highest BCUT2D eigenvalue weighted by molar-refractivity contribution is 7.10. The molecule has 194 valence electrons. The highest BCUT2D eigenvalue weighted by Crippen LogP contribution is 2.35. The Hall–Kier alpha value is -3.87. The van der Waals surface area contributed by atoms with Crippen molar-refractivity contribution in [3.63, 3.8) is 0 Å². The Bertz CT molecular complexity index is 1440. The van der Waals surface area contributed by atoms with E-state index in [-0.39, 0.29) is 13.0 Å². The number of anilines is 4. The number of aromatic nitrogens is 5. The van der Waals surface area contributed by atoms with Crippen molar-refractivity contribution in [2.24, 2.45) is 0 Å². The van der Waals surface area contributed by atoms with Crippen LogP contribution in [-0.4, -0.2) is 57.4 Å². The summed E-state index contributed by atoms with van der Waals surface area (Å²) < 4.78 is 28.5. The maximum Gasteiger partial charge on any atom is 0.325 e. The van der Waals surface area contributed by atoms with Gasteiger partial charge in [-0.05, 0) is 31.7 Å². The van der Waals surface area contributed by atoms with Crippen molar-refractivity contribution in [1.82, 2.24) is 25.1 Å². The largest absolute Gasteiger partial charge is 0.370 e. The van der Waals surface area contributed by atoms with Gasteiger partial charge < -0.3 is 15.1 Å². The van der Waals surface area contributed by atoms with Crippen molar-refractivity contribution in [3.8, 4) is 0 Å². The Labute approximate surface area is 216 Å². The van der Waals surface area contributed by atoms with Crippen LogP contribution in [0, 0.1) is 11.6 Å². The second-order valence-corrected chi connectivity index (χ2v) is 10.1. The Kier molecular flexibility index (Phi) is 6.28. The van der Waals surface area contributed by atoms with E-state index < -0.39 is 17.7 Å². The highest BCUT2D eigenvalue weighted by Gasteiger charge is 2.27. The van der Waals surface area contributed by atoms with Gasteiger partial charge in [0.1, 0.15) is 29.5 Å². The van der Waals surface area contributed by atoms with E-state index in [1.54, 1.807) is 11.6 Å². The molecule has 5 heterocycles. The van der Waals surface area contributed by atoms with E-state index in [4.69, 9.17) is 0 Å². The monoisotopic (exact) mass is 527 g/mol. The molecule has 0 aliphatic carbocycles. The topological polar surface area (TPSA) is 115 Å². The average Bonchev–Trinajstić information content (AvgIpc) is 3.67. The molecule has 0 spiro atoms. The second kappa shape index (κ2) is 9.88. The quantitative estimate of drug-likeness (QED) is 0.336. The number of fused-ring (bicyclic) bond motifs is 1. The van der Waals surface area contributed by atoms with Gasteiger partial charge in [0.05, 0.1) is 22.3 Å². The molecule has 37 heavy (non-hydrogen) atoms. The molecular formula is C24H27F2N9OS. The minimum Gasteiger partial charge on any atom is -0.370 e. The number of amides is 2. The van der Waals surface area contributed by atoms with Crippen molar-refractivity contribution in [2.45, 2.75) is 31.6 Å². The summed E-state index contributed by atoms with van der Waals surface area (Å²) in [7, 11) is 0. The molecule has 0 saturated carbocycles. The molecule has 2 saturated heterocycles. The number of H-pyrrole nitrogens is 1. The molecule has 3 aromatic heterocycles. The first-order valence-corrected chi connectivity index (χ1v) is 13.1. The summed E-state index contributed by atoms with van der Waals surface area (Å²) in [5.74, 6) is -0.0844. The number of nitrogens with zero attached hydrogens (tertiary/aromatic N) is 6. The molecule has 2 amide bonds. The number of halogens is 2. The van der Waals surface area contributed by atoms with E-state index in [9.17, 15) is 13.6 Å². The maximum absolute atomic E-state index is 14.6. The Morgan fingerprint density at radius 1 is 1.11 bits per heavy atom. The van der Waals surface area contributed by atoms with Crippen LogP contribution in [0.2, 0.25) is 0 Å². The first-order valence-electron chi connectivity index (χ1n) is 12.2. The number of aromatic amines is 1. The first kappa shape index (κ1) is 23.5.